The Morgan fingerprint density at radius 1 is 1.10 bits per heavy atom. The lowest BCUT2D eigenvalue weighted by Crippen LogP contribution is -2.34. The summed E-state index contributed by atoms with van der Waals surface area (Å²) >= 11 is 5.93. The van der Waals surface area contributed by atoms with Gasteiger partial charge in [-0.1, -0.05) is 11.6 Å². The fourth-order valence-electron chi connectivity index (χ4n) is 5.95. The normalized spacial score (nSPS) is 17.3. The van der Waals surface area contributed by atoms with Gasteiger partial charge in [-0.25, -0.2) is 22.2 Å². The summed E-state index contributed by atoms with van der Waals surface area (Å²) in [6.45, 7) is 5.15. The van der Waals surface area contributed by atoms with Crippen LogP contribution >= 0.6 is 11.6 Å². The van der Waals surface area contributed by atoms with E-state index in [1.807, 2.05) is 18.6 Å². The molecule has 0 bridgehead atoms. The van der Waals surface area contributed by atoms with Gasteiger partial charge in [0, 0.05) is 49.6 Å². The fourth-order valence-corrected chi connectivity index (χ4v) is 7.52. The Hall–Kier alpha value is -3.73. The number of nitrogen functional groups attached to an aromatic ring is 1. The standard InChI is InChI=1S/C31H34ClF5N6O4S/c1-16(2)43-29-21(17-4-6-18(7-5-17)39-10-11-46-3)15-40-30(38)27(29)28(41-43)20-13-24(34)25(14-23(20)33)42-48(44,45)26-12-19(8-9-22(26)32)47-31(35,36)37/h8-9,12-18,39,42H,4-7,10-11H2,1-3H3,(H2,38,40)/t17-,18-. The highest BCUT2D eigenvalue weighted by atomic mass is 35.5. The van der Waals surface area contributed by atoms with E-state index in [0.29, 0.717) is 35.7 Å². The maximum absolute atomic E-state index is 15.8. The van der Waals surface area contributed by atoms with E-state index in [1.54, 1.807) is 18.0 Å². The van der Waals surface area contributed by atoms with Crippen LogP contribution in [0.4, 0.5) is 33.5 Å². The molecule has 10 nitrogen and oxygen atoms in total. The number of nitrogens with zero attached hydrogens (tertiary/aromatic N) is 3. The van der Waals surface area contributed by atoms with E-state index in [9.17, 15) is 21.6 Å². The summed E-state index contributed by atoms with van der Waals surface area (Å²) in [4.78, 5) is 3.56. The van der Waals surface area contributed by atoms with Crippen molar-refractivity contribution in [1.82, 2.24) is 20.1 Å². The van der Waals surface area contributed by atoms with Crippen LogP contribution in [0.15, 0.2) is 41.4 Å². The summed E-state index contributed by atoms with van der Waals surface area (Å²) in [7, 11) is -3.16. The minimum atomic E-state index is -5.11. The lowest BCUT2D eigenvalue weighted by atomic mass is 9.81. The van der Waals surface area contributed by atoms with Crippen LogP contribution in [0.1, 0.15) is 57.1 Å². The number of hydrogen-bond donors (Lipinski definition) is 3. The summed E-state index contributed by atoms with van der Waals surface area (Å²) in [5.41, 5.74) is 6.79. The van der Waals surface area contributed by atoms with Gasteiger partial charge in [0.15, 0.2) is 0 Å². The van der Waals surface area contributed by atoms with Gasteiger partial charge >= 0.3 is 6.36 Å². The summed E-state index contributed by atoms with van der Waals surface area (Å²) in [6, 6.07) is 3.72. The number of ether oxygens (including phenoxy) is 2. The summed E-state index contributed by atoms with van der Waals surface area (Å²) in [5.74, 6) is -2.93. The second-order valence-electron chi connectivity index (χ2n) is 11.8. The van der Waals surface area contributed by atoms with Crippen molar-refractivity contribution in [3.63, 3.8) is 0 Å². The predicted octanol–water partition coefficient (Wildman–Crippen LogP) is 7.15. The second kappa shape index (κ2) is 14.0. The van der Waals surface area contributed by atoms with Crippen LogP contribution in [0.3, 0.4) is 0 Å². The van der Waals surface area contributed by atoms with E-state index >= 15 is 8.78 Å². The zero-order chi connectivity index (χ0) is 35.0. The third-order valence-electron chi connectivity index (χ3n) is 8.16. The van der Waals surface area contributed by atoms with Gasteiger partial charge in [0.25, 0.3) is 10.0 Å². The van der Waals surface area contributed by atoms with Crippen molar-refractivity contribution in [1.29, 1.82) is 0 Å². The number of nitrogens with two attached hydrogens (primary N) is 1. The maximum atomic E-state index is 15.8. The van der Waals surface area contributed by atoms with E-state index in [1.165, 1.54) is 0 Å². The largest absolute Gasteiger partial charge is 0.573 e. The topological polar surface area (TPSA) is 133 Å². The molecule has 0 radical (unpaired) electrons. The van der Waals surface area contributed by atoms with Crippen LogP contribution in [0, 0.1) is 11.6 Å². The number of alkyl halides is 3. The molecule has 260 valence electrons. The molecule has 5 rings (SSSR count). The van der Waals surface area contributed by atoms with Crippen molar-refractivity contribution in [2.45, 2.75) is 68.8 Å². The van der Waals surface area contributed by atoms with Gasteiger partial charge in [-0.3, -0.25) is 9.40 Å². The molecule has 1 fully saturated rings. The van der Waals surface area contributed by atoms with Gasteiger partial charge in [0.2, 0.25) is 0 Å². The molecule has 1 aliphatic carbocycles. The first-order chi connectivity index (χ1) is 22.6. The van der Waals surface area contributed by atoms with Crippen molar-refractivity contribution >= 4 is 44.0 Å². The van der Waals surface area contributed by atoms with Gasteiger partial charge in [0.05, 0.1) is 28.2 Å². The van der Waals surface area contributed by atoms with Crippen molar-refractivity contribution in [3.8, 4) is 17.0 Å². The molecule has 17 heteroatoms. The highest BCUT2D eigenvalue weighted by Crippen LogP contribution is 2.42. The molecule has 1 saturated carbocycles. The van der Waals surface area contributed by atoms with Crippen LogP contribution in [0.25, 0.3) is 22.2 Å². The summed E-state index contributed by atoms with van der Waals surface area (Å²) in [5, 5.41) is 8.00. The smallest absolute Gasteiger partial charge is 0.406 e. The number of methoxy groups -OCH3 is 1. The zero-order valence-corrected chi connectivity index (χ0v) is 27.7. The summed E-state index contributed by atoms with van der Waals surface area (Å²) < 4.78 is 108. The molecule has 4 N–H and O–H groups in total. The van der Waals surface area contributed by atoms with Crippen LogP contribution in [0.5, 0.6) is 5.75 Å². The van der Waals surface area contributed by atoms with Gasteiger partial charge in [-0.05, 0) is 69.2 Å². The number of aromatic nitrogens is 3. The third kappa shape index (κ3) is 7.61. The number of nitrogens with one attached hydrogen (secondary N) is 2. The molecule has 0 aliphatic heterocycles. The summed E-state index contributed by atoms with van der Waals surface area (Å²) in [6.07, 6.45) is 0.158. The average molecular weight is 717 g/mol. The SMILES string of the molecule is COCCN[C@H]1CC[C@H](c2cnc(N)c3c(-c4cc(F)c(NS(=O)(=O)c5cc(OC(F)(F)F)ccc5Cl)cc4F)nn(C(C)C)c32)CC1. The quantitative estimate of drug-likeness (QED) is 0.110. The molecule has 0 amide bonds. The van der Waals surface area contributed by atoms with Crippen molar-refractivity contribution in [3.05, 3.63) is 58.7 Å². The number of anilines is 2. The van der Waals surface area contributed by atoms with E-state index in [4.69, 9.17) is 22.1 Å². The Morgan fingerprint density at radius 2 is 1.81 bits per heavy atom. The molecule has 2 aromatic heterocycles. The molecule has 0 atom stereocenters. The highest BCUT2D eigenvalue weighted by molar-refractivity contribution is 7.92. The van der Waals surface area contributed by atoms with Crippen LogP contribution in [-0.4, -0.2) is 55.8 Å². The first-order valence-electron chi connectivity index (χ1n) is 15.1. The van der Waals surface area contributed by atoms with Crippen molar-refractivity contribution in [2.24, 2.45) is 0 Å². The number of fused-ring (bicyclic) bond motifs is 1. The minimum absolute atomic E-state index is 0.0197. The van der Waals surface area contributed by atoms with E-state index < -0.39 is 49.4 Å². The second-order valence-corrected chi connectivity index (χ2v) is 13.8. The molecule has 0 saturated heterocycles. The number of rotatable bonds is 11. The molecule has 2 aromatic carbocycles. The lowest BCUT2D eigenvalue weighted by Gasteiger charge is -2.30. The predicted molar refractivity (Wildman–Crippen MR) is 171 cm³/mol. The first-order valence-corrected chi connectivity index (χ1v) is 16.9. The number of sulfonamides is 1. The monoisotopic (exact) mass is 716 g/mol. The molecule has 2 heterocycles. The van der Waals surface area contributed by atoms with Crippen molar-refractivity contribution < 1.29 is 39.8 Å². The van der Waals surface area contributed by atoms with Gasteiger partial charge in [-0.2, -0.15) is 5.10 Å². The molecule has 4 aromatic rings. The number of benzene rings is 2. The fraction of sp³-hybridized carbons (Fsp3) is 0.419. The molecular weight excluding hydrogens is 683 g/mol. The Kier molecular flexibility index (Phi) is 10.4. The Bertz CT molecular complexity index is 1910. The number of hydrogen-bond acceptors (Lipinski definition) is 8. The number of halogens is 6. The third-order valence-corrected chi connectivity index (χ3v) is 10.0. The molecule has 48 heavy (non-hydrogen) atoms. The molecular formula is C31H34ClF5N6O4S. The molecule has 0 unspecified atom stereocenters. The average Bonchev–Trinajstić information content (AvgIpc) is 3.41. The van der Waals surface area contributed by atoms with Crippen molar-refractivity contribution in [2.75, 3.05) is 30.7 Å². The van der Waals surface area contributed by atoms with Gasteiger partial charge in [-0.15, -0.1) is 13.2 Å². The first kappa shape index (κ1) is 35.6. The van der Waals surface area contributed by atoms with E-state index in [2.05, 4.69) is 20.1 Å². The van der Waals surface area contributed by atoms with Gasteiger partial charge in [0.1, 0.15) is 33.8 Å². The zero-order valence-electron chi connectivity index (χ0n) is 26.2. The minimum Gasteiger partial charge on any atom is -0.406 e. The molecule has 0 spiro atoms. The Labute approximate surface area is 278 Å². The number of pyridine rings is 1. The lowest BCUT2D eigenvalue weighted by molar-refractivity contribution is -0.274. The maximum Gasteiger partial charge on any atom is 0.573 e. The molecule has 1 aliphatic rings. The highest BCUT2D eigenvalue weighted by Gasteiger charge is 2.33. The van der Waals surface area contributed by atoms with Crippen LogP contribution < -0.4 is 20.5 Å². The van der Waals surface area contributed by atoms with Gasteiger partial charge < -0.3 is 20.5 Å². The Morgan fingerprint density at radius 3 is 2.46 bits per heavy atom. The van der Waals surface area contributed by atoms with E-state index in [0.717, 1.165) is 56.0 Å². The van der Waals surface area contributed by atoms with Crippen LogP contribution in [-0.2, 0) is 14.8 Å². The van der Waals surface area contributed by atoms with Crippen LogP contribution in [0.2, 0.25) is 5.02 Å². The Balaban J connectivity index is 1.50. The van der Waals surface area contributed by atoms with E-state index in [-0.39, 0.29) is 29.0 Å².